The van der Waals surface area contributed by atoms with E-state index in [1.54, 1.807) is 34.0 Å². The third-order valence-corrected chi connectivity index (χ3v) is 5.63. The molecule has 8 heteroatoms. The van der Waals surface area contributed by atoms with Crippen LogP contribution in [0.2, 0.25) is 5.02 Å². The van der Waals surface area contributed by atoms with Crippen LogP contribution in [0.15, 0.2) is 36.5 Å². The summed E-state index contributed by atoms with van der Waals surface area (Å²) >= 11 is 6.07. The van der Waals surface area contributed by atoms with Gasteiger partial charge in [-0.25, -0.2) is 9.48 Å². The molecule has 1 saturated heterocycles. The van der Waals surface area contributed by atoms with Crippen LogP contribution in [-0.2, 0) is 4.74 Å². The van der Waals surface area contributed by atoms with Gasteiger partial charge >= 0.3 is 6.09 Å². The Bertz CT molecular complexity index is 951. The van der Waals surface area contributed by atoms with Crippen molar-refractivity contribution in [2.45, 2.75) is 59.1 Å². The van der Waals surface area contributed by atoms with E-state index in [-0.39, 0.29) is 24.0 Å². The number of ether oxygens (including phenoxy) is 1. The number of carbonyl (C=O) groups is 2. The molecule has 1 aliphatic rings. The van der Waals surface area contributed by atoms with Crippen molar-refractivity contribution in [3.8, 4) is 5.69 Å². The number of halogens is 1. The molecule has 2 heterocycles. The van der Waals surface area contributed by atoms with Crippen LogP contribution in [-0.4, -0.2) is 62.9 Å². The van der Waals surface area contributed by atoms with Gasteiger partial charge in [0.25, 0.3) is 5.91 Å². The van der Waals surface area contributed by atoms with Crippen LogP contribution < -0.4 is 0 Å². The number of aromatic nitrogens is 2. The lowest BCUT2D eigenvalue weighted by molar-refractivity contribution is 0.0123. The van der Waals surface area contributed by atoms with Crippen LogP contribution in [0, 0.1) is 5.92 Å². The fourth-order valence-corrected chi connectivity index (χ4v) is 4.04. The summed E-state index contributed by atoms with van der Waals surface area (Å²) in [6.07, 6.45) is 3.32. The summed E-state index contributed by atoms with van der Waals surface area (Å²) in [7, 11) is 0. The second kappa shape index (κ2) is 9.94. The van der Waals surface area contributed by atoms with Gasteiger partial charge in [0.1, 0.15) is 5.60 Å². The summed E-state index contributed by atoms with van der Waals surface area (Å²) in [6, 6.07) is 9.09. The largest absolute Gasteiger partial charge is 0.444 e. The lowest BCUT2D eigenvalue weighted by atomic mass is 9.96. The first kappa shape index (κ1) is 24.1. The molecule has 1 atom stereocenters. The van der Waals surface area contributed by atoms with Gasteiger partial charge in [0.2, 0.25) is 0 Å². The molecule has 0 bridgehead atoms. The van der Waals surface area contributed by atoms with Crippen molar-refractivity contribution in [2.24, 2.45) is 5.92 Å². The highest BCUT2D eigenvalue weighted by atomic mass is 35.5. The number of piperidine rings is 1. The molecule has 1 unspecified atom stereocenters. The van der Waals surface area contributed by atoms with Crippen LogP contribution in [0.4, 0.5) is 4.79 Å². The SMILES string of the molecule is CC(C)N(CC1CCCN(C(=O)c2ccn(-c3cccc(Cl)c3)n2)C1)C(=O)OC(C)(C)C. The average molecular weight is 461 g/mol. The highest BCUT2D eigenvalue weighted by Gasteiger charge is 2.31. The van der Waals surface area contributed by atoms with E-state index >= 15 is 0 Å². The molecular weight excluding hydrogens is 428 g/mol. The minimum atomic E-state index is -0.541. The quantitative estimate of drug-likeness (QED) is 0.628. The number of rotatable bonds is 5. The molecule has 7 nitrogen and oxygen atoms in total. The Labute approximate surface area is 195 Å². The van der Waals surface area contributed by atoms with E-state index in [1.165, 1.54) is 0 Å². The van der Waals surface area contributed by atoms with Crippen LogP contribution in [0.5, 0.6) is 0 Å². The summed E-state index contributed by atoms with van der Waals surface area (Å²) in [5.74, 6) is 0.0986. The molecule has 2 aromatic rings. The number of hydrogen-bond acceptors (Lipinski definition) is 4. The van der Waals surface area contributed by atoms with E-state index in [1.807, 2.05) is 51.7 Å². The molecule has 0 radical (unpaired) electrons. The maximum Gasteiger partial charge on any atom is 0.410 e. The molecule has 1 aromatic carbocycles. The van der Waals surface area contributed by atoms with Crippen molar-refractivity contribution >= 4 is 23.6 Å². The van der Waals surface area contributed by atoms with Crippen molar-refractivity contribution < 1.29 is 14.3 Å². The number of hydrogen-bond donors (Lipinski definition) is 0. The van der Waals surface area contributed by atoms with E-state index in [4.69, 9.17) is 16.3 Å². The van der Waals surface area contributed by atoms with Gasteiger partial charge in [-0.05, 0) is 77.6 Å². The van der Waals surface area contributed by atoms with Crippen LogP contribution in [0.25, 0.3) is 5.69 Å². The molecule has 32 heavy (non-hydrogen) atoms. The van der Waals surface area contributed by atoms with E-state index in [9.17, 15) is 9.59 Å². The second-order valence-electron chi connectivity index (χ2n) is 9.61. The Morgan fingerprint density at radius 1 is 1.28 bits per heavy atom. The molecule has 0 N–H and O–H groups in total. The van der Waals surface area contributed by atoms with Crippen molar-refractivity contribution in [1.29, 1.82) is 0 Å². The van der Waals surface area contributed by atoms with Crippen molar-refractivity contribution in [2.75, 3.05) is 19.6 Å². The summed E-state index contributed by atoms with van der Waals surface area (Å²) in [6.45, 7) is 11.4. The highest BCUT2D eigenvalue weighted by molar-refractivity contribution is 6.30. The lowest BCUT2D eigenvalue weighted by Gasteiger charge is -2.37. The van der Waals surface area contributed by atoms with Gasteiger partial charge in [0.05, 0.1) is 5.69 Å². The molecule has 0 saturated carbocycles. The minimum absolute atomic E-state index is 0.0179. The van der Waals surface area contributed by atoms with Gasteiger partial charge in [-0.3, -0.25) is 4.79 Å². The van der Waals surface area contributed by atoms with E-state index in [2.05, 4.69) is 5.10 Å². The highest BCUT2D eigenvalue weighted by Crippen LogP contribution is 2.22. The van der Waals surface area contributed by atoms with Crippen molar-refractivity contribution in [1.82, 2.24) is 19.6 Å². The first-order valence-electron chi connectivity index (χ1n) is 11.1. The van der Waals surface area contributed by atoms with E-state index < -0.39 is 5.60 Å². The Kier molecular flexibility index (Phi) is 7.49. The third-order valence-electron chi connectivity index (χ3n) is 5.39. The zero-order chi connectivity index (χ0) is 23.5. The molecule has 174 valence electrons. The van der Waals surface area contributed by atoms with E-state index in [0.29, 0.717) is 30.4 Å². The van der Waals surface area contributed by atoms with Gasteiger partial charge in [0, 0.05) is 36.9 Å². The van der Waals surface area contributed by atoms with Crippen molar-refractivity contribution in [3.05, 3.63) is 47.2 Å². The van der Waals surface area contributed by atoms with Gasteiger partial charge in [-0.15, -0.1) is 0 Å². The van der Waals surface area contributed by atoms with Crippen LogP contribution >= 0.6 is 11.6 Å². The molecule has 2 amide bonds. The normalized spacial score (nSPS) is 16.8. The molecule has 0 spiro atoms. The number of benzene rings is 1. The van der Waals surface area contributed by atoms with Crippen LogP contribution in [0.3, 0.4) is 0 Å². The maximum absolute atomic E-state index is 13.1. The number of carbonyl (C=O) groups excluding carboxylic acids is 2. The molecular formula is C24H33ClN4O3. The van der Waals surface area contributed by atoms with Gasteiger partial charge in [-0.2, -0.15) is 5.10 Å². The topological polar surface area (TPSA) is 67.7 Å². The summed E-state index contributed by atoms with van der Waals surface area (Å²) < 4.78 is 7.24. The third kappa shape index (κ3) is 6.25. The van der Waals surface area contributed by atoms with Crippen LogP contribution in [0.1, 0.15) is 57.9 Å². The Morgan fingerprint density at radius 3 is 2.69 bits per heavy atom. The molecule has 1 fully saturated rings. The Morgan fingerprint density at radius 2 is 2.03 bits per heavy atom. The lowest BCUT2D eigenvalue weighted by Crippen LogP contribution is -2.48. The summed E-state index contributed by atoms with van der Waals surface area (Å²) in [4.78, 5) is 29.4. The predicted molar refractivity (Wildman–Crippen MR) is 125 cm³/mol. The first-order chi connectivity index (χ1) is 15.0. The fourth-order valence-electron chi connectivity index (χ4n) is 3.86. The second-order valence-corrected chi connectivity index (χ2v) is 10.0. The predicted octanol–water partition coefficient (Wildman–Crippen LogP) is 5.02. The van der Waals surface area contributed by atoms with Gasteiger partial charge in [0.15, 0.2) is 5.69 Å². The summed E-state index contributed by atoms with van der Waals surface area (Å²) in [5, 5.41) is 5.08. The number of amides is 2. The molecule has 3 rings (SSSR count). The molecule has 1 aliphatic heterocycles. The first-order valence-corrected chi connectivity index (χ1v) is 11.5. The molecule has 1 aromatic heterocycles. The van der Waals surface area contributed by atoms with Gasteiger partial charge < -0.3 is 14.5 Å². The van der Waals surface area contributed by atoms with Crippen molar-refractivity contribution in [3.63, 3.8) is 0 Å². The zero-order valence-corrected chi connectivity index (χ0v) is 20.3. The standard InChI is InChI=1S/C24H33ClN4O3/c1-17(2)28(23(31)32-24(3,4)5)16-18-8-7-12-27(15-18)22(30)21-11-13-29(26-21)20-10-6-9-19(25)14-20/h6,9-11,13-14,17-18H,7-8,12,15-16H2,1-5H3. The molecule has 0 aliphatic carbocycles. The minimum Gasteiger partial charge on any atom is -0.444 e. The average Bonchev–Trinajstić information content (AvgIpc) is 3.20. The monoisotopic (exact) mass is 460 g/mol. The van der Waals surface area contributed by atoms with E-state index in [0.717, 1.165) is 18.5 Å². The Hall–Kier alpha value is -2.54. The Balaban J connectivity index is 1.66. The number of likely N-dealkylation sites (tertiary alicyclic amines) is 1. The number of nitrogens with zero attached hydrogens (tertiary/aromatic N) is 4. The summed E-state index contributed by atoms with van der Waals surface area (Å²) in [5.41, 5.74) is 0.664. The fraction of sp³-hybridized carbons (Fsp3) is 0.542. The maximum atomic E-state index is 13.1. The van der Waals surface area contributed by atoms with Gasteiger partial charge in [-0.1, -0.05) is 17.7 Å². The smallest absolute Gasteiger partial charge is 0.410 e. The zero-order valence-electron chi connectivity index (χ0n) is 19.5.